The molecule has 0 atom stereocenters. The van der Waals surface area contributed by atoms with Gasteiger partial charge in [0.25, 0.3) is 0 Å². The summed E-state index contributed by atoms with van der Waals surface area (Å²) in [7, 11) is 0. The van der Waals surface area contributed by atoms with Crippen LogP contribution in [0.25, 0.3) is 55.8 Å². The number of furan rings is 1. The van der Waals surface area contributed by atoms with Crippen molar-refractivity contribution in [2.75, 3.05) is 0 Å². The van der Waals surface area contributed by atoms with Gasteiger partial charge >= 0.3 is 0 Å². The van der Waals surface area contributed by atoms with Gasteiger partial charge in [-0.1, -0.05) is 101 Å². The van der Waals surface area contributed by atoms with Crippen LogP contribution in [-0.4, -0.2) is 15.0 Å². The molecule has 4 heterocycles. The van der Waals surface area contributed by atoms with Gasteiger partial charge in [0.2, 0.25) is 5.71 Å². The topological polar surface area (TPSA) is 51.8 Å². The number of nitrogens with zero attached hydrogens (tertiary/aromatic N) is 3. The molecule has 0 aliphatic carbocycles. The van der Waals surface area contributed by atoms with E-state index in [9.17, 15) is 0 Å². The van der Waals surface area contributed by atoms with Gasteiger partial charge in [-0.3, -0.25) is 0 Å². The zero-order valence-electron chi connectivity index (χ0n) is 39.8. The first-order valence-corrected chi connectivity index (χ1v) is 16.5. The predicted octanol–water partition coefficient (Wildman–Crippen LogP) is 12.5. The van der Waals surface area contributed by atoms with E-state index in [4.69, 9.17) is 23.1 Å². The van der Waals surface area contributed by atoms with Crippen molar-refractivity contribution in [2.24, 2.45) is 5.41 Å². The van der Waals surface area contributed by atoms with E-state index in [0.29, 0.717) is 28.2 Å². The molecule has 5 heteroatoms. The summed E-state index contributed by atoms with van der Waals surface area (Å²) in [5.41, 5.74) is 5.32. The fourth-order valence-electron chi connectivity index (χ4n) is 5.82. The molecule has 0 fully saturated rings. The third-order valence-electron chi connectivity index (χ3n) is 8.11. The number of rotatable bonds is 6. The van der Waals surface area contributed by atoms with Crippen LogP contribution in [0.2, 0.25) is 0 Å². The monoisotopic (exact) mass is 860 g/mol. The third-order valence-corrected chi connectivity index (χ3v) is 8.11. The molecule has 0 spiro atoms. The van der Waals surface area contributed by atoms with E-state index in [2.05, 4.69) is 22.1 Å². The van der Waals surface area contributed by atoms with E-state index in [1.54, 1.807) is 45.0 Å². The number of hydrogen-bond acceptors (Lipinski definition) is 4. The maximum Gasteiger partial charge on any atom is 0.216 e. The molecule has 0 aliphatic heterocycles. The van der Waals surface area contributed by atoms with Gasteiger partial charge in [0.1, 0.15) is 0 Å². The van der Waals surface area contributed by atoms with Crippen molar-refractivity contribution in [1.82, 2.24) is 15.0 Å². The van der Waals surface area contributed by atoms with Crippen molar-refractivity contribution in [3.63, 3.8) is 0 Å². The van der Waals surface area contributed by atoms with Crippen LogP contribution in [0.5, 0.6) is 0 Å². The molecule has 51 heavy (non-hydrogen) atoms. The van der Waals surface area contributed by atoms with Gasteiger partial charge in [-0.15, -0.1) is 54.1 Å². The van der Waals surface area contributed by atoms with Crippen LogP contribution in [0.3, 0.4) is 0 Å². The van der Waals surface area contributed by atoms with Crippen LogP contribution in [0.1, 0.15) is 102 Å². The molecule has 0 bridgehead atoms. The molecule has 0 unspecified atom stereocenters. The van der Waals surface area contributed by atoms with Crippen molar-refractivity contribution in [3.05, 3.63) is 137 Å². The van der Waals surface area contributed by atoms with Crippen LogP contribution in [0.15, 0.2) is 102 Å². The van der Waals surface area contributed by atoms with E-state index in [1.807, 2.05) is 82.3 Å². The maximum absolute atomic E-state index is 8.90. The molecule has 0 saturated carbocycles. The van der Waals surface area contributed by atoms with E-state index < -0.39 is 37.3 Å². The number of benzene rings is 3. The number of hydrogen-bond donors (Lipinski definition) is 0. The van der Waals surface area contributed by atoms with Crippen LogP contribution in [0, 0.1) is 31.3 Å². The summed E-state index contributed by atoms with van der Waals surface area (Å²) in [6.07, 6.45) is 0.648. The Morgan fingerprint density at radius 3 is 2.16 bits per heavy atom. The van der Waals surface area contributed by atoms with Crippen LogP contribution >= 0.6 is 0 Å². The first-order chi connectivity index (χ1) is 27.7. The predicted molar refractivity (Wildman–Crippen MR) is 208 cm³/mol. The molecule has 0 amide bonds. The van der Waals surface area contributed by atoms with E-state index >= 15 is 0 Å². The Bertz CT molecular complexity index is 2620. The first-order valence-electron chi connectivity index (χ1n) is 21.5. The molecule has 0 saturated heterocycles. The smallest absolute Gasteiger partial charge is 0.216 e. The van der Waals surface area contributed by atoms with Gasteiger partial charge in [0.05, 0.1) is 11.3 Å². The Morgan fingerprint density at radius 2 is 1.53 bits per heavy atom. The molecule has 4 nitrogen and oxygen atoms in total. The summed E-state index contributed by atoms with van der Waals surface area (Å²) >= 11 is 0. The molecular weight excluding hydrogens is 803 g/mol. The minimum atomic E-state index is -2.55. The van der Waals surface area contributed by atoms with Crippen molar-refractivity contribution < 1.29 is 38.2 Å². The number of fused-ring (bicyclic) bond motifs is 3. The van der Waals surface area contributed by atoms with Gasteiger partial charge in [-0.2, -0.15) is 0 Å². The second kappa shape index (κ2) is 15.8. The van der Waals surface area contributed by atoms with Crippen LogP contribution in [0.4, 0.5) is 0 Å². The van der Waals surface area contributed by atoms with Crippen LogP contribution in [-0.2, 0) is 26.5 Å². The number of aromatic nitrogens is 3. The first kappa shape index (κ1) is 26.4. The van der Waals surface area contributed by atoms with Gasteiger partial charge < -0.3 is 14.4 Å². The Labute approximate surface area is 331 Å². The van der Waals surface area contributed by atoms with E-state index in [-0.39, 0.29) is 36.8 Å². The van der Waals surface area contributed by atoms with Crippen molar-refractivity contribution in [2.45, 2.75) is 80.3 Å². The summed E-state index contributed by atoms with van der Waals surface area (Å²) in [5.74, 6) is -1.88. The Hall–Kier alpha value is -4.44. The van der Waals surface area contributed by atoms with Gasteiger partial charge in [-0.05, 0) is 83.1 Å². The largest absolute Gasteiger partial charge is 0.486 e. The minimum Gasteiger partial charge on any atom is -0.486 e. The number of aryl methyl sites for hydroxylation is 2. The summed E-state index contributed by atoms with van der Waals surface area (Å²) in [6.45, 7) is 7.82. The molecule has 0 aliphatic rings. The summed E-state index contributed by atoms with van der Waals surface area (Å²) < 4.78 is 87.6. The zero-order valence-corrected chi connectivity index (χ0v) is 32.2. The van der Waals surface area contributed by atoms with E-state index in [1.165, 1.54) is 18.5 Å². The van der Waals surface area contributed by atoms with Gasteiger partial charge in [0.15, 0.2) is 0 Å². The van der Waals surface area contributed by atoms with E-state index in [0.717, 1.165) is 38.7 Å². The maximum atomic E-state index is 8.90. The second-order valence-corrected chi connectivity index (χ2v) is 13.7. The van der Waals surface area contributed by atoms with Crippen molar-refractivity contribution in [1.29, 1.82) is 0 Å². The average Bonchev–Trinajstić information content (AvgIpc) is 3.54. The molecule has 7 aromatic rings. The standard InChI is InChI=1S/C34H37N2O.C12H10N.Ir/c1-20(2)24-11-9-12-25(21(3)4)31(24)29-16-15-27-26-13-10-14-28(32(26)37-33(27)36-29)30-17-23(18-34(6,7)8)22(5)19-35-30;1-10-7-8-12(13-9-10)11-5-3-2-4-6-11;/h9-13,15-17,19-21H,18H2,1-8H3;2-5,7-9H,1H3;/q2*-1;/i5D3,18D2,20D,21D;1D3;. The normalized spacial score (nSPS) is 15.6. The molecule has 4 aromatic heterocycles. The fraction of sp³-hybridized carbons (Fsp3) is 0.283. The van der Waals surface area contributed by atoms with Crippen LogP contribution < -0.4 is 0 Å². The molecule has 263 valence electrons. The Kier molecular flexibility index (Phi) is 8.19. The minimum absolute atomic E-state index is 0. The average molecular weight is 860 g/mol. The molecular formula is C46H47IrN3O-2. The molecule has 3 aromatic carbocycles. The second-order valence-electron chi connectivity index (χ2n) is 13.7. The summed E-state index contributed by atoms with van der Waals surface area (Å²) in [5, 5.41) is 1.50. The Morgan fingerprint density at radius 1 is 0.784 bits per heavy atom. The fourth-order valence-corrected chi connectivity index (χ4v) is 5.82. The number of pyridine rings is 3. The summed E-state index contributed by atoms with van der Waals surface area (Å²) in [4.78, 5) is 13.5. The quantitative estimate of drug-likeness (QED) is 0.156. The SMILES string of the molecule is [2H]C([2H])([2H])c1ccc(-c2[c-]cccc2)nc1.[2H]C([2H])([2H])c1cnc(-c2[c-]ccc3c2oc2nc(-c4c(C([2H])(C)C)cccc4C([2H])(C)C)ccc23)cc1C([2H])([2H])C(C)(C)C.[Ir]. The zero-order chi connectivity index (χ0) is 44.2. The summed E-state index contributed by atoms with van der Waals surface area (Å²) in [6, 6.07) is 31.5. The molecule has 0 N–H and O–H groups in total. The van der Waals surface area contributed by atoms with Gasteiger partial charge in [0, 0.05) is 57.2 Å². The van der Waals surface area contributed by atoms with Gasteiger partial charge in [-0.25, -0.2) is 4.98 Å². The Balaban J connectivity index is 0.000000347. The molecule has 7 rings (SSSR count). The van der Waals surface area contributed by atoms with Crippen molar-refractivity contribution >= 4 is 22.1 Å². The third kappa shape index (κ3) is 8.55. The molecule has 1 radical (unpaired) electrons. The van der Waals surface area contributed by atoms with Crippen molar-refractivity contribution in [3.8, 4) is 33.8 Å².